The number of fused-ring (bicyclic) bond motifs is 1. The number of nitrogens with zero attached hydrogens (tertiary/aromatic N) is 1. The molecule has 0 unspecified atom stereocenters. The largest absolute Gasteiger partial charge is 0.507 e. The summed E-state index contributed by atoms with van der Waals surface area (Å²) in [4.78, 5) is 22.3. The van der Waals surface area contributed by atoms with E-state index in [1.165, 1.54) is 7.11 Å². The number of carbonyl (C=O) groups is 1. The van der Waals surface area contributed by atoms with Crippen LogP contribution >= 0.6 is 11.6 Å². The third kappa shape index (κ3) is 6.26. The van der Waals surface area contributed by atoms with E-state index in [0.717, 1.165) is 18.9 Å². The van der Waals surface area contributed by atoms with Gasteiger partial charge in [0.15, 0.2) is 6.73 Å². The Morgan fingerprint density at radius 3 is 2.75 bits per heavy atom. The number of esters is 1. The van der Waals surface area contributed by atoms with E-state index in [4.69, 9.17) is 21.2 Å². The lowest BCUT2D eigenvalue weighted by atomic mass is 9.99. The first-order valence-corrected chi connectivity index (χ1v) is 9.09. The molecule has 9 heteroatoms. The number of rotatable bonds is 4. The Morgan fingerprint density at radius 2 is 1.96 bits per heavy atom. The number of benzene rings is 1. The molecule has 0 radical (unpaired) electrons. The fraction of sp³-hybridized carbons (Fsp3) is 0.368. The molecule has 0 bridgehead atoms. The van der Waals surface area contributed by atoms with Crippen molar-refractivity contribution in [2.24, 2.45) is 5.16 Å². The van der Waals surface area contributed by atoms with Crippen LogP contribution in [0.15, 0.2) is 35.5 Å². The van der Waals surface area contributed by atoms with Gasteiger partial charge in [0.1, 0.15) is 17.1 Å². The van der Waals surface area contributed by atoms with Gasteiger partial charge in [-0.1, -0.05) is 35.0 Å². The number of cyclic esters (lactones) is 1. The summed E-state index contributed by atoms with van der Waals surface area (Å²) in [5.41, 5.74) is 3.00. The number of phenols is 2. The van der Waals surface area contributed by atoms with Crippen molar-refractivity contribution < 1.29 is 29.4 Å². The van der Waals surface area contributed by atoms with Crippen LogP contribution in [0, 0.1) is 0 Å². The number of halogens is 1. The quantitative estimate of drug-likeness (QED) is 0.230. The summed E-state index contributed by atoms with van der Waals surface area (Å²) in [5, 5.41) is 24.1. The molecular formula is C19H23ClN2O6. The number of hydrogen-bond acceptors (Lipinski definition) is 8. The minimum absolute atomic E-state index is 0.00446. The molecule has 0 aliphatic carbocycles. The number of hydrogen-bond donors (Lipinski definition) is 3. The second-order valence-electron chi connectivity index (χ2n) is 5.84. The molecule has 8 nitrogen and oxygen atoms in total. The number of phenolic OH excluding ortho intramolecular Hbond substituents is 2. The number of hydroxylamine groups is 1. The van der Waals surface area contributed by atoms with E-state index < -0.39 is 11.7 Å². The molecular weight excluding hydrogens is 388 g/mol. The third-order valence-corrected chi connectivity index (χ3v) is 4.25. The molecule has 0 fully saturated rings. The van der Waals surface area contributed by atoms with Gasteiger partial charge in [-0.15, -0.1) is 0 Å². The molecule has 3 N–H and O–H groups in total. The van der Waals surface area contributed by atoms with Crippen molar-refractivity contribution in [2.75, 3.05) is 20.4 Å². The molecule has 0 saturated carbocycles. The first-order valence-electron chi connectivity index (χ1n) is 8.71. The number of aromatic hydroxyl groups is 2. The van der Waals surface area contributed by atoms with Crippen LogP contribution in [0.2, 0.25) is 5.02 Å². The molecule has 2 rings (SSSR count). The van der Waals surface area contributed by atoms with Crippen LogP contribution in [0.1, 0.15) is 35.2 Å². The summed E-state index contributed by atoms with van der Waals surface area (Å²) >= 11 is 6.22. The minimum atomic E-state index is -0.731. The van der Waals surface area contributed by atoms with Crippen LogP contribution < -0.4 is 5.48 Å². The van der Waals surface area contributed by atoms with Gasteiger partial charge >= 0.3 is 5.97 Å². The number of allylic oxidation sites excluding steroid dienone is 3. The summed E-state index contributed by atoms with van der Waals surface area (Å²) in [6, 6.07) is 1.01. The molecule has 28 heavy (non-hydrogen) atoms. The molecule has 1 aromatic rings. The second-order valence-corrected chi connectivity index (χ2v) is 6.22. The Kier molecular flexibility index (Phi) is 8.80. The highest BCUT2D eigenvalue weighted by Gasteiger charge is 2.24. The van der Waals surface area contributed by atoms with Crippen LogP contribution in [-0.4, -0.2) is 42.3 Å². The van der Waals surface area contributed by atoms with Crippen LogP contribution in [0.25, 0.3) is 0 Å². The van der Waals surface area contributed by atoms with Gasteiger partial charge in [-0.2, -0.15) is 5.48 Å². The maximum Gasteiger partial charge on any atom is 0.342 e. The number of nitrogens with one attached hydrogen (secondary N) is 1. The maximum absolute atomic E-state index is 12.5. The molecule has 0 spiro atoms. The van der Waals surface area contributed by atoms with E-state index in [1.807, 2.05) is 18.2 Å². The number of carbonyl (C=O) groups excluding carboxylic acids is 1. The molecule has 1 aliphatic rings. The highest BCUT2D eigenvalue weighted by atomic mass is 35.5. The first kappa shape index (κ1) is 21.7. The van der Waals surface area contributed by atoms with Gasteiger partial charge < -0.3 is 24.6 Å². The van der Waals surface area contributed by atoms with Crippen LogP contribution in [0.3, 0.4) is 0 Å². The summed E-state index contributed by atoms with van der Waals surface area (Å²) < 4.78 is 5.23. The normalized spacial score (nSPS) is 19.4. The SMILES string of the molecule is CONCO/N=C1/C=C/CC/C=C/CCOC(=O)c2c(O)cc(O)c(Cl)c2C1. The second kappa shape index (κ2) is 11.3. The zero-order valence-corrected chi connectivity index (χ0v) is 16.2. The lowest BCUT2D eigenvalue weighted by Crippen LogP contribution is -2.16. The monoisotopic (exact) mass is 410 g/mol. The fourth-order valence-corrected chi connectivity index (χ4v) is 2.74. The van der Waals surface area contributed by atoms with Gasteiger partial charge in [-0.05, 0) is 30.9 Å². The lowest BCUT2D eigenvalue weighted by molar-refractivity contribution is -0.00511. The van der Waals surface area contributed by atoms with Gasteiger partial charge in [-0.3, -0.25) is 0 Å². The summed E-state index contributed by atoms with van der Waals surface area (Å²) in [5.74, 6) is -1.50. The van der Waals surface area contributed by atoms with E-state index in [-0.39, 0.29) is 41.7 Å². The maximum atomic E-state index is 12.5. The lowest BCUT2D eigenvalue weighted by Gasteiger charge is -2.14. The Balaban J connectivity index is 2.43. The zero-order valence-electron chi connectivity index (χ0n) is 15.5. The molecule has 1 aromatic carbocycles. The number of ether oxygens (including phenoxy) is 1. The van der Waals surface area contributed by atoms with Crippen molar-refractivity contribution >= 4 is 23.3 Å². The molecule has 0 aromatic heterocycles. The van der Waals surface area contributed by atoms with Crippen molar-refractivity contribution in [3.63, 3.8) is 0 Å². The predicted octanol–water partition coefficient (Wildman–Crippen LogP) is 3.23. The average molecular weight is 411 g/mol. The van der Waals surface area contributed by atoms with Gasteiger partial charge in [0.05, 0.1) is 24.5 Å². The third-order valence-electron chi connectivity index (χ3n) is 3.83. The topological polar surface area (TPSA) is 110 Å². The average Bonchev–Trinajstić information content (AvgIpc) is 2.66. The Hall–Kier alpha value is -2.55. The molecule has 1 aliphatic heterocycles. The van der Waals surface area contributed by atoms with Crippen molar-refractivity contribution in [1.29, 1.82) is 0 Å². The van der Waals surface area contributed by atoms with Crippen molar-refractivity contribution in [3.05, 3.63) is 46.5 Å². The molecule has 1 heterocycles. The van der Waals surface area contributed by atoms with E-state index in [2.05, 4.69) is 15.5 Å². The summed E-state index contributed by atoms with van der Waals surface area (Å²) in [6.07, 6.45) is 9.76. The van der Waals surface area contributed by atoms with Gasteiger partial charge in [0.25, 0.3) is 0 Å². The highest BCUT2D eigenvalue weighted by molar-refractivity contribution is 6.33. The molecule has 0 atom stereocenters. The zero-order chi connectivity index (χ0) is 20.4. The molecule has 0 amide bonds. The standard InChI is InChI=1S/C19H23ClN2O6/c1-26-21-12-28-22-13-8-6-4-2-3-5-7-9-27-19(25)17-14(10-13)18(20)16(24)11-15(17)23/h3,5-6,8,11,21,23-24H,2,4,7,9-10,12H2,1H3/b5-3+,8-6+,22-13-. The van der Waals surface area contributed by atoms with E-state index in [1.54, 1.807) is 6.08 Å². The first-order chi connectivity index (χ1) is 13.5. The summed E-state index contributed by atoms with van der Waals surface area (Å²) in [6.45, 7) is 0.166. The van der Waals surface area contributed by atoms with Crippen molar-refractivity contribution in [2.45, 2.75) is 25.7 Å². The van der Waals surface area contributed by atoms with Crippen LogP contribution in [0.4, 0.5) is 0 Å². The van der Waals surface area contributed by atoms with Crippen LogP contribution in [-0.2, 0) is 20.8 Å². The van der Waals surface area contributed by atoms with Crippen molar-refractivity contribution in [3.8, 4) is 11.5 Å². The molecule has 152 valence electrons. The fourth-order valence-electron chi connectivity index (χ4n) is 2.52. The van der Waals surface area contributed by atoms with Gasteiger partial charge in [0, 0.05) is 12.5 Å². The van der Waals surface area contributed by atoms with E-state index >= 15 is 0 Å². The highest BCUT2D eigenvalue weighted by Crippen LogP contribution is 2.37. The van der Waals surface area contributed by atoms with Crippen LogP contribution in [0.5, 0.6) is 11.5 Å². The Labute approximate surface area is 168 Å². The van der Waals surface area contributed by atoms with Gasteiger partial charge in [-0.25, -0.2) is 4.79 Å². The van der Waals surface area contributed by atoms with E-state index in [9.17, 15) is 15.0 Å². The predicted molar refractivity (Wildman–Crippen MR) is 104 cm³/mol. The van der Waals surface area contributed by atoms with Gasteiger partial charge in [0.2, 0.25) is 0 Å². The molecule has 0 saturated heterocycles. The van der Waals surface area contributed by atoms with Crippen molar-refractivity contribution in [1.82, 2.24) is 5.48 Å². The summed E-state index contributed by atoms with van der Waals surface area (Å²) in [7, 11) is 1.44. The Morgan fingerprint density at radius 1 is 1.21 bits per heavy atom. The Bertz CT molecular complexity index is 776. The minimum Gasteiger partial charge on any atom is -0.507 e. The number of oxime groups is 1. The smallest absolute Gasteiger partial charge is 0.342 e. The van der Waals surface area contributed by atoms with E-state index in [0.29, 0.717) is 12.1 Å².